The molecule has 0 aromatic heterocycles. The van der Waals surface area contributed by atoms with Crippen molar-refractivity contribution in [1.29, 1.82) is 5.26 Å². The van der Waals surface area contributed by atoms with E-state index in [4.69, 9.17) is 5.26 Å². The SMILES string of the molecule is Cc1cc(N(C)C(=O)C2(C#N)CCC2)ccc1F. The molecule has 0 atom stereocenters. The van der Waals surface area contributed by atoms with Gasteiger partial charge in [-0.15, -0.1) is 0 Å². The lowest BCUT2D eigenvalue weighted by molar-refractivity contribution is -0.128. The maximum Gasteiger partial charge on any atom is 0.247 e. The molecule has 1 amide bonds. The van der Waals surface area contributed by atoms with Crippen molar-refractivity contribution in [3.63, 3.8) is 0 Å². The summed E-state index contributed by atoms with van der Waals surface area (Å²) in [5.74, 6) is -0.486. The van der Waals surface area contributed by atoms with Crippen molar-refractivity contribution in [2.75, 3.05) is 11.9 Å². The summed E-state index contributed by atoms with van der Waals surface area (Å²) in [6.45, 7) is 1.65. The fourth-order valence-electron chi connectivity index (χ4n) is 2.18. The van der Waals surface area contributed by atoms with Gasteiger partial charge in [0, 0.05) is 12.7 Å². The summed E-state index contributed by atoms with van der Waals surface area (Å²) in [4.78, 5) is 13.7. The minimum absolute atomic E-state index is 0.192. The van der Waals surface area contributed by atoms with E-state index in [1.54, 1.807) is 26.1 Å². The van der Waals surface area contributed by atoms with E-state index >= 15 is 0 Å². The summed E-state index contributed by atoms with van der Waals surface area (Å²) in [5.41, 5.74) is 0.254. The van der Waals surface area contributed by atoms with E-state index in [0.717, 1.165) is 6.42 Å². The van der Waals surface area contributed by atoms with E-state index in [1.165, 1.54) is 11.0 Å². The predicted molar refractivity (Wildman–Crippen MR) is 66.4 cm³/mol. The Balaban J connectivity index is 2.26. The zero-order valence-corrected chi connectivity index (χ0v) is 10.5. The number of carbonyl (C=O) groups is 1. The molecule has 0 N–H and O–H groups in total. The van der Waals surface area contributed by atoms with E-state index in [-0.39, 0.29) is 11.7 Å². The molecule has 4 heteroatoms. The first-order valence-electron chi connectivity index (χ1n) is 5.96. The Morgan fingerprint density at radius 2 is 2.17 bits per heavy atom. The molecule has 0 spiro atoms. The lowest BCUT2D eigenvalue weighted by Gasteiger charge is -2.36. The third kappa shape index (κ3) is 1.86. The van der Waals surface area contributed by atoms with E-state index in [1.807, 2.05) is 0 Å². The molecule has 0 saturated heterocycles. The predicted octanol–water partition coefficient (Wildman–Crippen LogP) is 2.79. The summed E-state index contributed by atoms with van der Waals surface area (Å²) in [6, 6.07) is 6.65. The number of nitriles is 1. The van der Waals surface area contributed by atoms with Crippen LogP contribution in [0.25, 0.3) is 0 Å². The first kappa shape index (κ1) is 12.6. The maximum absolute atomic E-state index is 13.2. The van der Waals surface area contributed by atoms with Gasteiger partial charge >= 0.3 is 0 Å². The lowest BCUT2D eigenvalue weighted by atomic mass is 9.69. The van der Waals surface area contributed by atoms with Crippen molar-refractivity contribution in [3.05, 3.63) is 29.6 Å². The molecule has 1 aliphatic carbocycles. The first-order chi connectivity index (χ1) is 8.50. The van der Waals surface area contributed by atoms with Crippen LogP contribution in [0.4, 0.5) is 10.1 Å². The van der Waals surface area contributed by atoms with Crippen LogP contribution in [0.1, 0.15) is 24.8 Å². The third-order valence-corrected chi connectivity index (χ3v) is 3.66. The second kappa shape index (κ2) is 4.41. The average Bonchev–Trinajstić information content (AvgIpc) is 2.31. The summed E-state index contributed by atoms with van der Waals surface area (Å²) in [7, 11) is 1.63. The number of halogens is 1. The highest BCUT2D eigenvalue weighted by Crippen LogP contribution is 2.42. The van der Waals surface area contributed by atoms with Gasteiger partial charge in [-0.05, 0) is 49.9 Å². The standard InChI is InChI=1S/C14H15FN2O/c1-10-8-11(4-5-12(10)15)17(2)13(18)14(9-16)6-3-7-14/h4-5,8H,3,6-7H2,1-2H3. The van der Waals surface area contributed by atoms with Gasteiger partial charge in [0.2, 0.25) is 5.91 Å². The zero-order chi connectivity index (χ0) is 13.3. The Bertz CT molecular complexity index is 529. The molecule has 1 aromatic rings. The van der Waals surface area contributed by atoms with Gasteiger partial charge in [-0.1, -0.05) is 0 Å². The molecule has 1 fully saturated rings. The molecular weight excluding hydrogens is 231 g/mol. The van der Waals surface area contributed by atoms with Crippen molar-refractivity contribution in [2.45, 2.75) is 26.2 Å². The van der Waals surface area contributed by atoms with Crippen LogP contribution in [-0.2, 0) is 4.79 Å². The van der Waals surface area contributed by atoms with Crippen LogP contribution in [0.3, 0.4) is 0 Å². The number of carbonyl (C=O) groups excluding carboxylic acids is 1. The van der Waals surface area contributed by atoms with E-state index < -0.39 is 5.41 Å². The number of nitrogens with zero attached hydrogens (tertiary/aromatic N) is 2. The maximum atomic E-state index is 13.2. The minimum Gasteiger partial charge on any atom is -0.314 e. The van der Waals surface area contributed by atoms with Crippen LogP contribution in [0.15, 0.2) is 18.2 Å². The molecule has 1 aliphatic rings. The smallest absolute Gasteiger partial charge is 0.247 e. The Morgan fingerprint density at radius 1 is 1.50 bits per heavy atom. The largest absolute Gasteiger partial charge is 0.314 e. The highest BCUT2D eigenvalue weighted by atomic mass is 19.1. The number of amides is 1. The molecule has 1 saturated carbocycles. The quantitative estimate of drug-likeness (QED) is 0.805. The molecule has 0 aliphatic heterocycles. The van der Waals surface area contributed by atoms with Crippen molar-refractivity contribution < 1.29 is 9.18 Å². The van der Waals surface area contributed by atoms with Crippen LogP contribution in [0, 0.1) is 29.5 Å². The number of aryl methyl sites for hydroxylation is 1. The fourth-order valence-corrected chi connectivity index (χ4v) is 2.18. The Hall–Kier alpha value is -1.89. The number of rotatable bonds is 2. The van der Waals surface area contributed by atoms with Crippen molar-refractivity contribution in [1.82, 2.24) is 0 Å². The fraction of sp³-hybridized carbons (Fsp3) is 0.429. The van der Waals surface area contributed by atoms with Gasteiger partial charge in [-0.3, -0.25) is 4.79 Å². The van der Waals surface area contributed by atoms with Gasteiger partial charge in [0.25, 0.3) is 0 Å². The Morgan fingerprint density at radius 3 is 2.61 bits per heavy atom. The molecule has 3 nitrogen and oxygen atoms in total. The van der Waals surface area contributed by atoms with Gasteiger partial charge in [-0.25, -0.2) is 4.39 Å². The first-order valence-corrected chi connectivity index (χ1v) is 5.96. The van der Waals surface area contributed by atoms with Crippen LogP contribution >= 0.6 is 0 Å². The van der Waals surface area contributed by atoms with Crippen LogP contribution in [0.5, 0.6) is 0 Å². The second-order valence-electron chi connectivity index (χ2n) is 4.85. The number of hydrogen-bond acceptors (Lipinski definition) is 2. The monoisotopic (exact) mass is 246 g/mol. The normalized spacial score (nSPS) is 16.6. The average molecular weight is 246 g/mol. The van der Waals surface area contributed by atoms with Crippen LogP contribution in [-0.4, -0.2) is 13.0 Å². The molecule has 0 bridgehead atoms. The molecule has 0 unspecified atom stereocenters. The van der Waals surface area contributed by atoms with E-state index in [9.17, 15) is 9.18 Å². The lowest BCUT2D eigenvalue weighted by Crippen LogP contribution is -2.45. The topological polar surface area (TPSA) is 44.1 Å². The molecule has 94 valence electrons. The summed E-state index contributed by atoms with van der Waals surface area (Å²) in [5, 5.41) is 9.14. The highest BCUT2D eigenvalue weighted by Gasteiger charge is 2.46. The minimum atomic E-state index is -0.864. The van der Waals surface area contributed by atoms with Crippen molar-refractivity contribution in [3.8, 4) is 6.07 Å². The van der Waals surface area contributed by atoms with Gasteiger partial charge in [0.1, 0.15) is 11.2 Å². The van der Waals surface area contributed by atoms with Gasteiger partial charge < -0.3 is 4.90 Å². The Labute approximate surface area is 106 Å². The highest BCUT2D eigenvalue weighted by molar-refractivity contribution is 5.99. The molecule has 0 heterocycles. The Kier molecular flexibility index (Phi) is 3.08. The van der Waals surface area contributed by atoms with Gasteiger partial charge in [0.05, 0.1) is 6.07 Å². The van der Waals surface area contributed by atoms with Crippen LogP contribution < -0.4 is 4.90 Å². The van der Waals surface area contributed by atoms with Gasteiger partial charge in [0.15, 0.2) is 0 Å². The molecule has 18 heavy (non-hydrogen) atoms. The number of anilines is 1. The summed E-state index contributed by atoms with van der Waals surface area (Å²) in [6.07, 6.45) is 2.15. The van der Waals surface area contributed by atoms with E-state index in [0.29, 0.717) is 24.1 Å². The number of benzene rings is 1. The zero-order valence-electron chi connectivity index (χ0n) is 10.5. The summed E-state index contributed by atoms with van der Waals surface area (Å²) >= 11 is 0. The number of hydrogen-bond donors (Lipinski definition) is 0. The van der Waals surface area contributed by atoms with Crippen molar-refractivity contribution in [2.24, 2.45) is 5.41 Å². The molecule has 2 rings (SSSR count). The summed E-state index contributed by atoms with van der Waals surface area (Å²) < 4.78 is 13.2. The second-order valence-corrected chi connectivity index (χ2v) is 4.85. The molecule has 1 aromatic carbocycles. The van der Waals surface area contributed by atoms with Crippen LogP contribution in [0.2, 0.25) is 0 Å². The van der Waals surface area contributed by atoms with Crippen molar-refractivity contribution >= 4 is 11.6 Å². The third-order valence-electron chi connectivity index (χ3n) is 3.66. The van der Waals surface area contributed by atoms with E-state index in [2.05, 4.69) is 6.07 Å². The molecular formula is C14H15FN2O. The molecule has 0 radical (unpaired) electrons. The van der Waals surface area contributed by atoms with Gasteiger partial charge in [-0.2, -0.15) is 5.26 Å².